The Morgan fingerprint density at radius 2 is 0.500 bits per heavy atom. The minimum Gasteiger partial charge on any atom is -0.462 e. The van der Waals surface area contributed by atoms with Gasteiger partial charge in [-0.3, -0.25) is 37.3 Å². The first-order chi connectivity index (χ1) is 48.7. The molecule has 0 saturated carbocycles. The molecule has 0 saturated heterocycles. The molecule has 0 aromatic carbocycles. The Hall–Kier alpha value is -4.54. The summed E-state index contributed by atoms with van der Waals surface area (Å²) in [6.45, 7) is 4.64. The molecule has 0 fully saturated rings. The van der Waals surface area contributed by atoms with Gasteiger partial charge in [-0.05, 0) is 154 Å². The predicted octanol–water partition coefficient (Wildman–Crippen LogP) is 22.3. The molecule has 574 valence electrons. The number of rotatable bonds is 72. The molecule has 19 heteroatoms. The first kappa shape index (κ1) is 95.5. The largest absolute Gasteiger partial charge is 0.472 e. The topological polar surface area (TPSA) is 237 Å². The van der Waals surface area contributed by atoms with E-state index in [0.29, 0.717) is 38.5 Å². The van der Waals surface area contributed by atoms with Crippen LogP contribution in [0.3, 0.4) is 0 Å². The van der Waals surface area contributed by atoms with Gasteiger partial charge < -0.3 is 33.8 Å². The number of aliphatic hydroxyl groups is 1. The lowest BCUT2D eigenvalue weighted by Gasteiger charge is -2.21. The molecule has 17 nitrogen and oxygen atoms in total. The van der Waals surface area contributed by atoms with E-state index in [9.17, 15) is 43.2 Å². The number of allylic oxidation sites excluding steroid dienone is 20. The normalized spacial score (nSPS) is 14.6. The number of ether oxygens (including phenoxy) is 4. The highest BCUT2D eigenvalue weighted by Crippen LogP contribution is 2.45. The van der Waals surface area contributed by atoms with E-state index in [1.165, 1.54) is 89.9 Å². The van der Waals surface area contributed by atoms with E-state index in [4.69, 9.17) is 37.0 Å². The van der Waals surface area contributed by atoms with Crippen molar-refractivity contribution in [3.63, 3.8) is 0 Å². The summed E-state index contributed by atoms with van der Waals surface area (Å²) in [5, 5.41) is 10.6. The molecule has 0 bridgehead atoms. The van der Waals surface area contributed by atoms with Crippen LogP contribution in [0.25, 0.3) is 0 Å². The number of esters is 4. The van der Waals surface area contributed by atoms with E-state index in [0.717, 1.165) is 128 Å². The summed E-state index contributed by atoms with van der Waals surface area (Å²) in [4.78, 5) is 72.8. The monoisotopic (exact) mass is 1440 g/mol. The van der Waals surface area contributed by atoms with Crippen molar-refractivity contribution in [3.05, 3.63) is 122 Å². The Bertz CT molecular complexity index is 2210. The van der Waals surface area contributed by atoms with Gasteiger partial charge in [0.25, 0.3) is 0 Å². The van der Waals surface area contributed by atoms with E-state index < -0.39 is 97.5 Å². The lowest BCUT2D eigenvalue weighted by molar-refractivity contribution is -0.161. The van der Waals surface area contributed by atoms with Gasteiger partial charge in [-0.2, -0.15) is 0 Å². The average Bonchev–Trinajstić information content (AvgIpc) is 0.943. The van der Waals surface area contributed by atoms with Crippen molar-refractivity contribution in [2.45, 2.75) is 329 Å². The molecular formula is C81H138O17P2. The minimum atomic E-state index is -4.99. The molecule has 0 heterocycles. The van der Waals surface area contributed by atoms with Crippen molar-refractivity contribution >= 4 is 39.5 Å². The van der Waals surface area contributed by atoms with Crippen LogP contribution in [0, 0.1) is 0 Å². The van der Waals surface area contributed by atoms with E-state index in [1.54, 1.807) is 0 Å². The summed E-state index contributed by atoms with van der Waals surface area (Å²) < 4.78 is 68.4. The van der Waals surface area contributed by atoms with Crippen LogP contribution in [0.1, 0.15) is 310 Å². The lowest BCUT2D eigenvalue weighted by Crippen LogP contribution is -2.30. The number of hydrogen-bond acceptors (Lipinski definition) is 15. The lowest BCUT2D eigenvalue weighted by atomic mass is 10.1. The molecule has 0 aromatic heterocycles. The zero-order valence-corrected chi connectivity index (χ0v) is 64.4. The van der Waals surface area contributed by atoms with Crippen molar-refractivity contribution < 1.29 is 80.2 Å². The van der Waals surface area contributed by atoms with Crippen LogP contribution in [0.4, 0.5) is 0 Å². The Morgan fingerprint density at radius 3 is 0.810 bits per heavy atom. The summed E-state index contributed by atoms with van der Waals surface area (Å²) in [5.41, 5.74) is 0. The maximum absolute atomic E-state index is 13.1. The quantitative estimate of drug-likeness (QED) is 0.0169. The number of aliphatic hydroxyl groups excluding tert-OH is 1. The van der Waals surface area contributed by atoms with Crippen LogP contribution >= 0.6 is 15.6 Å². The number of phosphoric ester groups is 2. The highest BCUT2D eigenvalue weighted by molar-refractivity contribution is 7.47. The van der Waals surface area contributed by atoms with Gasteiger partial charge in [0, 0.05) is 25.7 Å². The second-order valence-electron chi connectivity index (χ2n) is 25.6. The molecule has 0 spiro atoms. The highest BCUT2D eigenvalue weighted by Gasteiger charge is 2.30. The van der Waals surface area contributed by atoms with Gasteiger partial charge in [0.2, 0.25) is 0 Å². The maximum atomic E-state index is 13.1. The molecule has 100 heavy (non-hydrogen) atoms. The number of carbonyl (C=O) groups is 4. The summed E-state index contributed by atoms with van der Waals surface area (Å²) in [7, 11) is -9.99. The van der Waals surface area contributed by atoms with Gasteiger partial charge in [-0.25, -0.2) is 9.13 Å². The Kier molecular flexibility index (Phi) is 69.5. The Balaban J connectivity index is 5.44. The van der Waals surface area contributed by atoms with Crippen LogP contribution in [-0.2, 0) is 65.4 Å². The fourth-order valence-corrected chi connectivity index (χ4v) is 11.5. The number of unbranched alkanes of at least 4 members (excludes halogenated alkanes) is 26. The molecule has 0 aromatic rings. The zero-order valence-electron chi connectivity index (χ0n) is 62.6. The van der Waals surface area contributed by atoms with Gasteiger partial charge >= 0.3 is 39.5 Å². The van der Waals surface area contributed by atoms with Crippen LogP contribution in [0.5, 0.6) is 0 Å². The fraction of sp³-hybridized carbons (Fsp3) is 0.704. The van der Waals surface area contributed by atoms with Crippen molar-refractivity contribution in [3.8, 4) is 0 Å². The van der Waals surface area contributed by atoms with Crippen molar-refractivity contribution in [2.24, 2.45) is 0 Å². The van der Waals surface area contributed by atoms with Crippen molar-refractivity contribution in [2.75, 3.05) is 39.6 Å². The molecule has 2 unspecified atom stereocenters. The molecular weight excluding hydrogens is 1310 g/mol. The third-order valence-corrected chi connectivity index (χ3v) is 17.8. The fourth-order valence-electron chi connectivity index (χ4n) is 9.90. The summed E-state index contributed by atoms with van der Waals surface area (Å²) in [6.07, 6.45) is 79.2. The van der Waals surface area contributed by atoms with Crippen LogP contribution in [0.15, 0.2) is 122 Å². The standard InChI is InChI=1S/C81H138O17P2/c1-5-9-13-17-21-25-29-33-35-37-39-43-45-49-53-57-61-65-78(83)91-71-76(97-80(85)67-63-59-55-51-47-41-31-27-23-19-15-11-7-3)73-95-99(87,88)93-69-75(82)70-94-100(89,90)96-74-77(98-81(86)68-64-60-56-52-48-42-32-28-24-20-16-12-8-4)72-92-79(84)66-62-58-54-50-46-44-40-38-36-34-30-26-22-18-14-10-6-2/h21-22,25-28,31-36,39-40,43-44,49-50,53-54,75-77,82H,5-20,23-24,29-30,37-38,41-42,45-48,51-52,55-74H2,1-4H3,(H,87,88)(H,89,90)/b25-21-,26-22-,31-27-,32-28-,35-33-,36-34-,43-39-,44-40-,53-49-,54-50-/t76-,77-/m1/s1. The maximum Gasteiger partial charge on any atom is 0.472 e. The Labute approximate surface area is 606 Å². The molecule has 0 aliphatic rings. The molecule has 3 N–H and O–H groups in total. The van der Waals surface area contributed by atoms with Crippen LogP contribution < -0.4 is 0 Å². The van der Waals surface area contributed by atoms with E-state index in [2.05, 4.69) is 125 Å². The van der Waals surface area contributed by atoms with E-state index in [1.807, 2.05) is 24.3 Å². The first-order valence-corrected chi connectivity index (χ1v) is 41.8. The highest BCUT2D eigenvalue weighted by atomic mass is 31.2. The second-order valence-corrected chi connectivity index (χ2v) is 28.5. The minimum absolute atomic E-state index is 0.0702. The molecule has 0 amide bonds. The molecule has 0 aliphatic heterocycles. The molecule has 0 rings (SSSR count). The number of hydrogen-bond donors (Lipinski definition) is 3. The number of carbonyl (C=O) groups excluding carboxylic acids is 4. The summed E-state index contributed by atoms with van der Waals surface area (Å²) in [6, 6.07) is 0. The van der Waals surface area contributed by atoms with Crippen LogP contribution in [0.2, 0.25) is 0 Å². The third-order valence-electron chi connectivity index (χ3n) is 15.9. The van der Waals surface area contributed by atoms with Gasteiger partial charge in [-0.1, -0.05) is 252 Å². The van der Waals surface area contributed by atoms with Gasteiger partial charge in [0.15, 0.2) is 12.2 Å². The van der Waals surface area contributed by atoms with Crippen molar-refractivity contribution in [1.82, 2.24) is 0 Å². The smallest absolute Gasteiger partial charge is 0.462 e. The van der Waals surface area contributed by atoms with Crippen molar-refractivity contribution in [1.29, 1.82) is 0 Å². The molecule has 4 atom stereocenters. The summed E-state index contributed by atoms with van der Waals surface area (Å²) in [5.74, 6) is -2.32. The predicted molar refractivity (Wildman–Crippen MR) is 408 cm³/mol. The zero-order chi connectivity index (χ0) is 73.2. The van der Waals surface area contributed by atoms with E-state index in [-0.39, 0.29) is 25.7 Å². The second kappa shape index (κ2) is 72.8. The van der Waals surface area contributed by atoms with Gasteiger partial charge in [-0.15, -0.1) is 0 Å². The Morgan fingerprint density at radius 1 is 0.280 bits per heavy atom. The SMILES string of the molecule is CCCCC/C=C\C/C=C\C/C=C\C/C=C\CCCC(=O)OC[C@H](COP(=O)(O)OCC(O)COP(=O)(O)OC[C@@H](COC(=O)CCC/C=C\C/C=C\C/C=C\C/C=C\CCCCC)OC(=O)CCCCCCC/C=C\CCCCCC)OC(=O)CCCCCCC/C=C\CCCCCC. The van der Waals surface area contributed by atoms with Gasteiger partial charge in [0.1, 0.15) is 19.3 Å². The number of phosphoric acid groups is 2. The molecule has 0 aliphatic carbocycles. The molecule has 0 radical (unpaired) electrons. The third kappa shape index (κ3) is 71.8. The van der Waals surface area contributed by atoms with Gasteiger partial charge in [0.05, 0.1) is 26.4 Å². The summed E-state index contributed by atoms with van der Waals surface area (Å²) >= 11 is 0. The van der Waals surface area contributed by atoms with Crippen LogP contribution in [-0.4, -0.2) is 96.7 Å². The average molecular weight is 1450 g/mol. The first-order valence-electron chi connectivity index (χ1n) is 38.8. The van der Waals surface area contributed by atoms with E-state index >= 15 is 0 Å².